The molecule has 0 aliphatic heterocycles. The fourth-order valence-electron chi connectivity index (χ4n) is 2.50. The molecule has 0 fully saturated rings. The van der Waals surface area contributed by atoms with Gasteiger partial charge in [0.2, 0.25) is 0 Å². The minimum absolute atomic E-state index is 0.0669. The van der Waals surface area contributed by atoms with Crippen LogP contribution in [0.15, 0.2) is 36.4 Å². The molecule has 0 atom stereocenters. The number of ether oxygens (including phenoxy) is 2. The molecule has 0 aliphatic carbocycles. The van der Waals surface area contributed by atoms with Crippen LogP contribution in [0.1, 0.15) is 39.6 Å². The van der Waals surface area contributed by atoms with Crippen molar-refractivity contribution in [3.05, 3.63) is 58.1 Å². The van der Waals surface area contributed by atoms with Gasteiger partial charge in [-0.25, -0.2) is 0 Å². The summed E-state index contributed by atoms with van der Waals surface area (Å²) in [4.78, 5) is 25.9. The number of methoxy groups -OCH3 is 1. The molecule has 2 aromatic rings. The Morgan fingerprint density at radius 1 is 1.11 bits per heavy atom. The molecule has 0 saturated carbocycles. The first-order valence-electron chi connectivity index (χ1n) is 8.96. The Labute approximate surface area is 170 Å². The fourth-order valence-corrected chi connectivity index (χ4v) is 2.77. The third-order valence-electron chi connectivity index (χ3n) is 4.00. The van der Waals surface area contributed by atoms with Gasteiger partial charge in [0.1, 0.15) is 0 Å². The van der Waals surface area contributed by atoms with Crippen molar-refractivity contribution in [3.63, 3.8) is 0 Å². The fraction of sp³-hybridized carbons (Fsp3) is 0.333. The number of nitrogens with one attached hydrogen (secondary N) is 1. The van der Waals surface area contributed by atoms with Crippen molar-refractivity contribution in [1.82, 2.24) is 10.2 Å². The molecule has 6 nitrogen and oxygen atoms in total. The van der Waals surface area contributed by atoms with Crippen LogP contribution < -0.4 is 14.8 Å². The molecule has 0 saturated heterocycles. The van der Waals surface area contributed by atoms with Crippen LogP contribution in [0.4, 0.5) is 0 Å². The maximum absolute atomic E-state index is 12.5. The molecule has 0 heterocycles. The summed E-state index contributed by atoms with van der Waals surface area (Å²) in [6.07, 6.45) is 0.834. The van der Waals surface area contributed by atoms with Crippen LogP contribution in [0.3, 0.4) is 0 Å². The van der Waals surface area contributed by atoms with Crippen molar-refractivity contribution < 1.29 is 19.1 Å². The highest BCUT2D eigenvalue weighted by Crippen LogP contribution is 2.36. The molecule has 0 spiro atoms. The van der Waals surface area contributed by atoms with E-state index in [0.717, 1.165) is 12.0 Å². The molecule has 2 rings (SSSR count). The number of hydrogen-bond acceptors (Lipinski definition) is 4. The molecular weight excluding hydrogens is 380 g/mol. The quantitative estimate of drug-likeness (QED) is 0.727. The van der Waals surface area contributed by atoms with Crippen molar-refractivity contribution in [2.45, 2.75) is 19.9 Å². The molecule has 150 valence electrons. The summed E-state index contributed by atoms with van der Waals surface area (Å²) >= 11 is 6.26. The van der Waals surface area contributed by atoms with Gasteiger partial charge in [0.15, 0.2) is 11.5 Å². The molecule has 2 amide bonds. The van der Waals surface area contributed by atoms with Crippen LogP contribution in [0.25, 0.3) is 0 Å². The van der Waals surface area contributed by atoms with Crippen LogP contribution in [0.5, 0.6) is 11.5 Å². The Kier molecular flexibility index (Phi) is 7.70. The summed E-state index contributed by atoms with van der Waals surface area (Å²) in [6, 6.07) is 10.3. The van der Waals surface area contributed by atoms with E-state index in [0.29, 0.717) is 40.8 Å². The lowest BCUT2D eigenvalue weighted by Gasteiger charge is -2.14. The molecule has 0 aliphatic rings. The number of carbonyl (C=O) groups is 2. The number of benzene rings is 2. The highest BCUT2D eigenvalue weighted by Gasteiger charge is 2.16. The molecule has 1 N–H and O–H groups in total. The summed E-state index contributed by atoms with van der Waals surface area (Å²) in [6.45, 7) is 2.82. The first-order chi connectivity index (χ1) is 13.4. The Hall–Kier alpha value is -2.73. The average Bonchev–Trinajstić information content (AvgIpc) is 2.70. The number of hydrogen-bond donors (Lipinski definition) is 1. The van der Waals surface area contributed by atoms with E-state index >= 15 is 0 Å². The van der Waals surface area contributed by atoms with Gasteiger partial charge in [-0.2, -0.15) is 0 Å². The predicted molar refractivity (Wildman–Crippen MR) is 109 cm³/mol. The van der Waals surface area contributed by atoms with Crippen LogP contribution in [-0.4, -0.2) is 44.5 Å². The van der Waals surface area contributed by atoms with Crippen molar-refractivity contribution in [2.75, 3.05) is 27.8 Å². The van der Waals surface area contributed by atoms with Gasteiger partial charge in [0.05, 0.1) is 18.7 Å². The van der Waals surface area contributed by atoms with Crippen LogP contribution >= 0.6 is 11.6 Å². The molecule has 2 aromatic carbocycles. The van der Waals surface area contributed by atoms with E-state index in [1.54, 1.807) is 38.4 Å². The Bertz CT molecular complexity index is 835. The number of nitrogens with zero attached hydrogens (tertiary/aromatic N) is 1. The van der Waals surface area contributed by atoms with Crippen LogP contribution in [0, 0.1) is 0 Å². The lowest BCUT2D eigenvalue weighted by Crippen LogP contribution is -2.23. The SMILES string of the molecule is CCCOc1c(Cl)cc(C(=O)NCc2ccc(C(=O)N(C)C)cc2)cc1OC. The number of rotatable bonds is 8. The largest absolute Gasteiger partial charge is 0.493 e. The lowest BCUT2D eigenvalue weighted by molar-refractivity contribution is 0.0827. The normalized spacial score (nSPS) is 10.3. The Morgan fingerprint density at radius 2 is 1.79 bits per heavy atom. The summed E-state index contributed by atoms with van der Waals surface area (Å²) in [5.41, 5.74) is 1.86. The molecule has 7 heteroatoms. The standard InChI is InChI=1S/C21H25ClN2O4/c1-5-10-28-19-17(22)11-16(12-18(19)27-4)20(25)23-13-14-6-8-15(9-7-14)21(26)24(2)3/h6-9,11-12H,5,10,13H2,1-4H3,(H,23,25). The van der Waals surface area contributed by atoms with Gasteiger partial charge in [-0.15, -0.1) is 0 Å². The summed E-state index contributed by atoms with van der Waals surface area (Å²) in [7, 11) is 4.91. The van der Waals surface area contributed by atoms with E-state index in [-0.39, 0.29) is 11.8 Å². The van der Waals surface area contributed by atoms with E-state index < -0.39 is 0 Å². The molecule has 0 aromatic heterocycles. The molecule has 28 heavy (non-hydrogen) atoms. The third-order valence-corrected chi connectivity index (χ3v) is 4.28. The summed E-state index contributed by atoms with van der Waals surface area (Å²) in [5, 5.41) is 3.16. The maximum atomic E-state index is 12.5. The monoisotopic (exact) mass is 404 g/mol. The van der Waals surface area contributed by atoms with E-state index in [1.165, 1.54) is 12.0 Å². The van der Waals surface area contributed by atoms with Crippen molar-refractivity contribution >= 4 is 23.4 Å². The summed E-state index contributed by atoms with van der Waals surface area (Å²) in [5.74, 6) is 0.500. The first kappa shape index (κ1) is 21.6. The van der Waals surface area contributed by atoms with Crippen molar-refractivity contribution in [2.24, 2.45) is 0 Å². The zero-order chi connectivity index (χ0) is 20.7. The number of halogens is 1. The van der Waals surface area contributed by atoms with Crippen molar-refractivity contribution in [1.29, 1.82) is 0 Å². The van der Waals surface area contributed by atoms with E-state index in [1.807, 2.05) is 19.1 Å². The van der Waals surface area contributed by atoms with Gasteiger partial charge in [-0.05, 0) is 36.2 Å². The van der Waals surface area contributed by atoms with Gasteiger partial charge in [0.25, 0.3) is 11.8 Å². The zero-order valence-corrected chi connectivity index (χ0v) is 17.3. The zero-order valence-electron chi connectivity index (χ0n) is 16.5. The van der Waals surface area contributed by atoms with E-state index in [9.17, 15) is 9.59 Å². The topological polar surface area (TPSA) is 67.9 Å². The molecule has 0 radical (unpaired) electrons. The second-order valence-electron chi connectivity index (χ2n) is 6.42. The molecule has 0 unspecified atom stereocenters. The van der Waals surface area contributed by atoms with Gasteiger partial charge >= 0.3 is 0 Å². The van der Waals surface area contributed by atoms with Crippen LogP contribution in [0.2, 0.25) is 5.02 Å². The minimum Gasteiger partial charge on any atom is -0.493 e. The third kappa shape index (κ3) is 5.39. The smallest absolute Gasteiger partial charge is 0.253 e. The van der Waals surface area contributed by atoms with Gasteiger partial charge in [0, 0.05) is 31.8 Å². The molecule has 0 bridgehead atoms. The van der Waals surface area contributed by atoms with Gasteiger partial charge < -0.3 is 19.7 Å². The number of carbonyl (C=O) groups excluding carboxylic acids is 2. The van der Waals surface area contributed by atoms with Crippen LogP contribution in [-0.2, 0) is 6.54 Å². The lowest BCUT2D eigenvalue weighted by atomic mass is 10.1. The number of amides is 2. The molecular formula is C21H25ClN2O4. The Balaban J connectivity index is 2.06. The predicted octanol–water partition coefficient (Wildman–Crippen LogP) is 3.77. The highest BCUT2D eigenvalue weighted by molar-refractivity contribution is 6.32. The van der Waals surface area contributed by atoms with Gasteiger partial charge in [-0.3, -0.25) is 9.59 Å². The second-order valence-corrected chi connectivity index (χ2v) is 6.82. The average molecular weight is 405 g/mol. The summed E-state index contributed by atoms with van der Waals surface area (Å²) < 4.78 is 10.9. The second kappa shape index (κ2) is 9.99. The minimum atomic E-state index is -0.282. The maximum Gasteiger partial charge on any atom is 0.253 e. The highest BCUT2D eigenvalue weighted by atomic mass is 35.5. The first-order valence-corrected chi connectivity index (χ1v) is 9.34. The van der Waals surface area contributed by atoms with E-state index in [4.69, 9.17) is 21.1 Å². The van der Waals surface area contributed by atoms with Gasteiger partial charge in [-0.1, -0.05) is 30.7 Å². The van der Waals surface area contributed by atoms with E-state index in [2.05, 4.69) is 5.32 Å². The Morgan fingerprint density at radius 3 is 2.36 bits per heavy atom. The van der Waals surface area contributed by atoms with Crippen molar-refractivity contribution in [3.8, 4) is 11.5 Å².